The lowest BCUT2D eigenvalue weighted by Crippen LogP contribution is -2.47. The molecule has 2 aromatic rings. The molecule has 1 saturated heterocycles. The Morgan fingerprint density at radius 3 is 2.55 bits per heavy atom. The minimum Gasteiger partial charge on any atom is -0.479 e. The van der Waals surface area contributed by atoms with Gasteiger partial charge in [0.15, 0.2) is 6.10 Å². The van der Waals surface area contributed by atoms with Gasteiger partial charge >= 0.3 is 6.18 Å². The third-order valence-corrected chi connectivity index (χ3v) is 5.42. The first kappa shape index (κ1) is 21.0. The Morgan fingerprint density at radius 1 is 1.13 bits per heavy atom. The zero-order valence-electron chi connectivity index (χ0n) is 16.9. The molecule has 2 aromatic carbocycles. The molecule has 0 radical (unpaired) electrons. The fraction of sp³-hybridized carbons (Fsp3) is 0.364. The van der Waals surface area contributed by atoms with Crippen LogP contribution in [-0.4, -0.2) is 37.6 Å². The summed E-state index contributed by atoms with van der Waals surface area (Å²) in [5, 5.41) is 2.60. The van der Waals surface area contributed by atoms with Gasteiger partial charge in [0.1, 0.15) is 12.3 Å². The molecule has 4 rings (SSSR count). The lowest BCUT2D eigenvalue weighted by Gasteiger charge is -2.32. The molecule has 1 fully saturated rings. The van der Waals surface area contributed by atoms with Crippen molar-refractivity contribution in [3.05, 3.63) is 48.0 Å². The number of nitrogens with one attached hydrogen (secondary N) is 1. The molecule has 164 valence electrons. The third-order valence-electron chi connectivity index (χ3n) is 5.42. The van der Waals surface area contributed by atoms with Crippen LogP contribution in [0.3, 0.4) is 0 Å². The first-order valence-electron chi connectivity index (χ1n) is 10.1. The van der Waals surface area contributed by atoms with Crippen molar-refractivity contribution in [2.24, 2.45) is 0 Å². The zero-order chi connectivity index (χ0) is 22.2. The summed E-state index contributed by atoms with van der Waals surface area (Å²) < 4.78 is 45.3. The topological polar surface area (TPSA) is 61.9 Å². The highest BCUT2D eigenvalue weighted by Gasteiger charge is 2.34. The molecule has 0 aliphatic carbocycles. The van der Waals surface area contributed by atoms with E-state index in [1.807, 2.05) is 4.90 Å². The van der Waals surface area contributed by atoms with E-state index in [0.717, 1.165) is 25.0 Å². The number of alkyl halides is 3. The van der Waals surface area contributed by atoms with Crippen LogP contribution in [0.2, 0.25) is 0 Å². The van der Waals surface area contributed by atoms with E-state index in [1.54, 1.807) is 31.2 Å². The molecule has 31 heavy (non-hydrogen) atoms. The van der Waals surface area contributed by atoms with Gasteiger partial charge in [0.25, 0.3) is 5.91 Å². The van der Waals surface area contributed by atoms with E-state index < -0.39 is 29.7 Å². The number of rotatable bonds is 4. The lowest BCUT2D eigenvalue weighted by atomic mass is 10.1. The van der Waals surface area contributed by atoms with Crippen molar-refractivity contribution in [2.45, 2.75) is 32.0 Å². The van der Waals surface area contributed by atoms with Gasteiger partial charge in [-0.3, -0.25) is 14.5 Å². The van der Waals surface area contributed by atoms with Crippen LogP contribution < -0.4 is 19.9 Å². The summed E-state index contributed by atoms with van der Waals surface area (Å²) in [6, 6.07) is 10.2. The maximum atomic E-state index is 13.3. The molecule has 2 heterocycles. The molecule has 2 aliphatic heterocycles. The highest BCUT2D eigenvalue weighted by molar-refractivity contribution is 6.06. The van der Waals surface area contributed by atoms with Crippen LogP contribution in [0.4, 0.5) is 30.2 Å². The van der Waals surface area contributed by atoms with Crippen LogP contribution in [-0.2, 0) is 15.8 Å². The second-order valence-corrected chi connectivity index (χ2v) is 7.62. The summed E-state index contributed by atoms with van der Waals surface area (Å²) in [4.78, 5) is 28.7. The molecule has 2 aliphatic rings. The van der Waals surface area contributed by atoms with Crippen LogP contribution >= 0.6 is 0 Å². The number of carbonyl (C=O) groups excluding carboxylic acids is 2. The average molecular weight is 433 g/mol. The van der Waals surface area contributed by atoms with Gasteiger partial charge in [-0.15, -0.1) is 0 Å². The number of halogens is 3. The molecule has 2 amide bonds. The molecule has 1 N–H and O–H groups in total. The van der Waals surface area contributed by atoms with Crippen LogP contribution in [0, 0.1) is 0 Å². The first-order chi connectivity index (χ1) is 14.7. The van der Waals surface area contributed by atoms with Gasteiger partial charge in [0.2, 0.25) is 5.91 Å². The Hall–Kier alpha value is -3.23. The molecule has 1 atom stereocenters. The van der Waals surface area contributed by atoms with E-state index in [9.17, 15) is 22.8 Å². The second kappa shape index (κ2) is 8.13. The summed E-state index contributed by atoms with van der Waals surface area (Å²) in [7, 11) is 0. The molecule has 0 saturated carbocycles. The lowest BCUT2D eigenvalue weighted by molar-refractivity contribution is -0.137. The van der Waals surface area contributed by atoms with E-state index in [-0.39, 0.29) is 12.2 Å². The fourth-order valence-electron chi connectivity index (χ4n) is 3.90. The van der Waals surface area contributed by atoms with Crippen LogP contribution in [0.25, 0.3) is 0 Å². The number of hydrogen-bond donors (Lipinski definition) is 1. The molecule has 1 unspecified atom stereocenters. The minimum atomic E-state index is -4.53. The number of amides is 2. The molecule has 9 heteroatoms. The van der Waals surface area contributed by atoms with Gasteiger partial charge in [0, 0.05) is 13.1 Å². The normalized spacial score (nSPS) is 18.6. The summed E-state index contributed by atoms with van der Waals surface area (Å²) >= 11 is 0. The SMILES string of the molecule is CC1Oc2ccccc2N(CC(=O)Nc2cc(C(F)(F)F)ccc2N2CCCC2)C1=O. The largest absolute Gasteiger partial charge is 0.479 e. The number of nitrogens with zero attached hydrogens (tertiary/aromatic N) is 2. The molecular weight excluding hydrogens is 411 g/mol. The Morgan fingerprint density at radius 2 is 1.84 bits per heavy atom. The Labute approximate surface area is 177 Å². The van der Waals surface area contributed by atoms with E-state index in [1.165, 1.54) is 11.0 Å². The van der Waals surface area contributed by atoms with Gasteiger partial charge in [-0.25, -0.2) is 0 Å². The number of para-hydroxylation sites is 2. The standard InChI is InChI=1S/C22H22F3N3O3/c1-14-21(30)28(18-6-2-3-7-19(18)31-14)13-20(29)26-16-12-15(22(23,24)25)8-9-17(16)27-10-4-5-11-27/h2-3,6-9,12,14H,4-5,10-11,13H2,1H3,(H,26,29). The molecule has 0 spiro atoms. The van der Waals surface area contributed by atoms with Crippen molar-refractivity contribution in [3.8, 4) is 5.75 Å². The van der Waals surface area contributed by atoms with Crippen molar-refractivity contribution in [1.82, 2.24) is 0 Å². The second-order valence-electron chi connectivity index (χ2n) is 7.62. The van der Waals surface area contributed by atoms with Crippen LogP contribution in [0.5, 0.6) is 5.75 Å². The Bertz CT molecular complexity index is 1000. The quantitative estimate of drug-likeness (QED) is 0.790. The van der Waals surface area contributed by atoms with Crippen molar-refractivity contribution in [1.29, 1.82) is 0 Å². The van der Waals surface area contributed by atoms with Gasteiger partial charge in [-0.2, -0.15) is 13.2 Å². The highest BCUT2D eigenvalue weighted by atomic mass is 19.4. The van der Waals surface area contributed by atoms with E-state index in [0.29, 0.717) is 30.2 Å². The summed E-state index contributed by atoms with van der Waals surface area (Å²) in [5.41, 5.74) is 0.237. The van der Waals surface area contributed by atoms with Crippen molar-refractivity contribution in [2.75, 3.05) is 34.8 Å². The Kier molecular flexibility index (Phi) is 5.51. The number of carbonyl (C=O) groups is 2. The predicted molar refractivity (Wildman–Crippen MR) is 110 cm³/mol. The smallest absolute Gasteiger partial charge is 0.416 e. The summed E-state index contributed by atoms with van der Waals surface area (Å²) in [6.07, 6.45) is -3.43. The number of hydrogen-bond acceptors (Lipinski definition) is 4. The van der Waals surface area contributed by atoms with E-state index in [4.69, 9.17) is 4.74 Å². The molecule has 0 aromatic heterocycles. The van der Waals surface area contributed by atoms with Crippen LogP contribution in [0.1, 0.15) is 25.3 Å². The summed E-state index contributed by atoms with van der Waals surface area (Å²) in [6.45, 7) is 2.67. The van der Waals surface area contributed by atoms with Crippen molar-refractivity contribution >= 4 is 28.9 Å². The zero-order valence-corrected chi connectivity index (χ0v) is 16.9. The number of ether oxygens (including phenoxy) is 1. The van der Waals surface area contributed by atoms with Gasteiger partial charge in [-0.1, -0.05) is 12.1 Å². The van der Waals surface area contributed by atoms with Gasteiger partial charge in [-0.05, 0) is 50.1 Å². The first-order valence-corrected chi connectivity index (χ1v) is 10.1. The summed E-state index contributed by atoms with van der Waals surface area (Å²) in [5.74, 6) is -0.506. The molecule has 0 bridgehead atoms. The van der Waals surface area contributed by atoms with Gasteiger partial charge in [0.05, 0.1) is 22.6 Å². The third kappa shape index (κ3) is 4.30. The monoisotopic (exact) mass is 433 g/mol. The number of benzene rings is 2. The van der Waals surface area contributed by atoms with Crippen LogP contribution in [0.15, 0.2) is 42.5 Å². The van der Waals surface area contributed by atoms with Crippen molar-refractivity contribution < 1.29 is 27.5 Å². The van der Waals surface area contributed by atoms with E-state index >= 15 is 0 Å². The fourth-order valence-corrected chi connectivity index (χ4v) is 3.90. The minimum absolute atomic E-state index is 0.0868. The predicted octanol–water partition coefficient (Wildman–Crippen LogP) is 4.06. The maximum absolute atomic E-state index is 13.3. The molecule has 6 nitrogen and oxygen atoms in total. The maximum Gasteiger partial charge on any atom is 0.416 e. The number of anilines is 3. The average Bonchev–Trinajstić information content (AvgIpc) is 3.25. The number of fused-ring (bicyclic) bond motifs is 1. The van der Waals surface area contributed by atoms with E-state index in [2.05, 4.69) is 5.32 Å². The van der Waals surface area contributed by atoms with Gasteiger partial charge < -0.3 is 15.0 Å². The Balaban J connectivity index is 1.60. The molecular formula is C22H22F3N3O3. The van der Waals surface area contributed by atoms with Crippen molar-refractivity contribution in [3.63, 3.8) is 0 Å². The highest BCUT2D eigenvalue weighted by Crippen LogP contribution is 2.37.